The fourth-order valence-electron chi connectivity index (χ4n) is 3.97. The molecule has 1 aliphatic rings. The summed E-state index contributed by atoms with van der Waals surface area (Å²) in [6.07, 6.45) is 3.89. The van der Waals surface area contributed by atoms with E-state index in [0.717, 1.165) is 23.4 Å². The van der Waals surface area contributed by atoms with Crippen LogP contribution in [0.1, 0.15) is 49.2 Å². The molecule has 0 saturated heterocycles. The van der Waals surface area contributed by atoms with Crippen molar-refractivity contribution in [3.8, 4) is 11.5 Å². The molecular weight excluding hydrogens is 378 g/mol. The van der Waals surface area contributed by atoms with Crippen molar-refractivity contribution in [2.45, 2.75) is 33.2 Å². The van der Waals surface area contributed by atoms with Gasteiger partial charge in [-0.3, -0.25) is 4.79 Å². The molecule has 1 heterocycles. The summed E-state index contributed by atoms with van der Waals surface area (Å²) >= 11 is 0. The predicted octanol–water partition coefficient (Wildman–Crippen LogP) is 4.49. The van der Waals surface area contributed by atoms with Crippen molar-refractivity contribution in [3.05, 3.63) is 59.2 Å². The molecule has 2 aromatic rings. The minimum atomic E-state index is -0.308. The summed E-state index contributed by atoms with van der Waals surface area (Å²) in [5.74, 6) is 1.02. The van der Waals surface area contributed by atoms with Crippen molar-refractivity contribution in [3.63, 3.8) is 0 Å². The van der Waals surface area contributed by atoms with Crippen LogP contribution in [0.15, 0.2) is 47.6 Å². The zero-order valence-electron chi connectivity index (χ0n) is 18.4. The average Bonchev–Trinajstić information content (AvgIpc) is 2.73. The summed E-state index contributed by atoms with van der Waals surface area (Å²) in [6, 6.07) is 11.0. The van der Waals surface area contributed by atoms with Gasteiger partial charge in [-0.1, -0.05) is 12.1 Å². The fourth-order valence-corrected chi connectivity index (χ4v) is 3.97. The van der Waals surface area contributed by atoms with Crippen LogP contribution in [0.25, 0.3) is 5.57 Å². The molecule has 0 spiro atoms. The van der Waals surface area contributed by atoms with Crippen LogP contribution in [0, 0.1) is 0 Å². The summed E-state index contributed by atoms with van der Waals surface area (Å²) in [4.78, 5) is 14.7. The Bertz CT molecular complexity index is 1010. The molecule has 0 atom stereocenters. The molecule has 0 radical (unpaired) electrons. The normalized spacial score (nSPS) is 14.9. The Morgan fingerprint density at radius 1 is 1.20 bits per heavy atom. The SMILES string of the molecule is CCN1c2cc(OC)c(/C=N\NC(=O)c3cccc(OC)c3)cc2C(C)=CC1(C)C. The average molecular weight is 408 g/mol. The number of fused-ring (bicyclic) bond motifs is 1. The molecule has 1 N–H and O–H groups in total. The van der Waals surface area contributed by atoms with Gasteiger partial charge >= 0.3 is 0 Å². The molecular formula is C24H29N3O3. The lowest BCUT2D eigenvalue weighted by Gasteiger charge is -2.43. The van der Waals surface area contributed by atoms with Crippen molar-refractivity contribution >= 4 is 23.4 Å². The Kier molecular flexibility index (Phi) is 6.15. The van der Waals surface area contributed by atoms with E-state index in [2.05, 4.69) is 55.3 Å². The minimum Gasteiger partial charge on any atom is -0.497 e. The number of ether oxygens (including phenoxy) is 2. The number of nitrogens with zero attached hydrogens (tertiary/aromatic N) is 2. The third kappa shape index (κ3) is 4.17. The molecule has 2 aromatic carbocycles. The molecule has 0 saturated carbocycles. The molecule has 0 unspecified atom stereocenters. The first-order chi connectivity index (χ1) is 14.3. The van der Waals surface area contributed by atoms with Crippen molar-refractivity contribution in [1.82, 2.24) is 5.43 Å². The van der Waals surface area contributed by atoms with Crippen molar-refractivity contribution in [2.24, 2.45) is 5.10 Å². The van der Waals surface area contributed by atoms with Crippen LogP contribution in [0.2, 0.25) is 0 Å². The van der Waals surface area contributed by atoms with Crippen molar-refractivity contribution in [1.29, 1.82) is 0 Å². The van der Waals surface area contributed by atoms with E-state index >= 15 is 0 Å². The van der Waals surface area contributed by atoms with Gasteiger partial charge in [0.2, 0.25) is 0 Å². The minimum absolute atomic E-state index is 0.0723. The maximum atomic E-state index is 12.4. The Balaban J connectivity index is 1.88. The van der Waals surface area contributed by atoms with E-state index in [-0.39, 0.29) is 11.4 Å². The van der Waals surface area contributed by atoms with E-state index in [4.69, 9.17) is 9.47 Å². The number of nitrogens with one attached hydrogen (secondary N) is 1. The number of carbonyl (C=O) groups excluding carboxylic acids is 1. The van der Waals surface area contributed by atoms with E-state index in [1.807, 2.05) is 6.07 Å². The Morgan fingerprint density at radius 3 is 2.63 bits per heavy atom. The van der Waals surface area contributed by atoms with Crippen LogP contribution in [-0.4, -0.2) is 38.4 Å². The van der Waals surface area contributed by atoms with Gasteiger partial charge in [0.15, 0.2) is 0 Å². The van der Waals surface area contributed by atoms with Gasteiger partial charge in [0.05, 0.1) is 26.0 Å². The highest BCUT2D eigenvalue weighted by Crippen LogP contribution is 2.41. The van der Waals surface area contributed by atoms with E-state index in [0.29, 0.717) is 17.1 Å². The molecule has 1 amide bonds. The molecule has 6 nitrogen and oxygen atoms in total. The fraction of sp³-hybridized carbons (Fsp3) is 0.333. The number of hydrogen-bond donors (Lipinski definition) is 1. The van der Waals surface area contributed by atoms with Crippen LogP contribution < -0.4 is 19.8 Å². The molecule has 0 bridgehead atoms. The highest BCUT2D eigenvalue weighted by Gasteiger charge is 2.31. The van der Waals surface area contributed by atoms with Gasteiger partial charge in [-0.2, -0.15) is 5.10 Å². The Hall–Kier alpha value is -3.28. The second-order valence-corrected chi connectivity index (χ2v) is 7.77. The molecule has 3 rings (SSSR count). The van der Waals surface area contributed by atoms with Crippen LogP contribution in [-0.2, 0) is 0 Å². The van der Waals surface area contributed by atoms with Gasteiger partial charge in [-0.05, 0) is 57.5 Å². The van der Waals surface area contributed by atoms with Gasteiger partial charge in [0.25, 0.3) is 5.91 Å². The van der Waals surface area contributed by atoms with Gasteiger partial charge in [-0.15, -0.1) is 0 Å². The molecule has 30 heavy (non-hydrogen) atoms. The Morgan fingerprint density at radius 2 is 1.97 bits per heavy atom. The van der Waals surface area contributed by atoms with Crippen molar-refractivity contribution < 1.29 is 14.3 Å². The molecule has 0 fully saturated rings. The summed E-state index contributed by atoms with van der Waals surface area (Å²) in [5.41, 5.74) is 7.25. The number of hydrogen-bond acceptors (Lipinski definition) is 5. The van der Waals surface area contributed by atoms with E-state index in [1.54, 1.807) is 44.7 Å². The first-order valence-electron chi connectivity index (χ1n) is 9.97. The van der Waals surface area contributed by atoms with Crippen molar-refractivity contribution in [2.75, 3.05) is 25.7 Å². The lowest BCUT2D eigenvalue weighted by molar-refractivity contribution is 0.0954. The number of carbonyl (C=O) groups is 1. The highest BCUT2D eigenvalue weighted by atomic mass is 16.5. The second kappa shape index (κ2) is 8.61. The van der Waals surface area contributed by atoms with E-state index in [9.17, 15) is 4.79 Å². The topological polar surface area (TPSA) is 63.2 Å². The third-order valence-electron chi connectivity index (χ3n) is 5.35. The molecule has 0 aromatic heterocycles. The Labute approximate surface area is 178 Å². The number of hydrazone groups is 1. The number of rotatable bonds is 6. The number of methoxy groups -OCH3 is 2. The quantitative estimate of drug-likeness (QED) is 0.566. The molecule has 158 valence electrons. The first-order valence-corrected chi connectivity index (χ1v) is 9.97. The van der Waals surface area contributed by atoms with Crippen LogP contribution in [0.3, 0.4) is 0 Å². The molecule has 6 heteroatoms. The third-order valence-corrected chi connectivity index (χ3v) is 5.35. The predicted molar refractivity (Wildman–Crippen MR) is 122 cm³/mol. The maximum Gasteiger partial charge on any atom is 0.271 e. The number of benzene rings is 2. The second-order valence-electron chi connectivity index (χ2n) is 7.77. The zero-order chi connectivity index (χ0) is 21.9. The maximum absolute atomic E-state index is 12.4. The first kappa shape index (κ1) is 21.4. The summed E-state index contributed by atoms with van der Waals surface area (Å²) < 4.78 is 10.8. The van der Waals surface area contributed by atoms with Crippen LogP contribution >= 0.6 is 0 Å². The number of anilines is 1. The monoisotopic (exact) mass is 407 g/mol. The van der Waals surface area contributed by atoms with Crippen LogP contribution in [0.5, 0.6) is 11.5 Å². The van der Waals surface area contributed by atoms with Crippen LogP contribution in [0.4, 0.5) is 5.69 Å². The number of allylic oxidation sites excluding steroid dienone is 1. The van der Waals surface area contributed by atoms with E-state index in [1.165, 1.54) is 5.57 Å². The smallest absolute Gasteiger partial charge is 0.271 e. The van der Waals surface area contributed by atoms with Gasteiger partial charge in [0, 0.05) is 35.0 Å². The number of amides is 1. The van der Waals surface area contributed by atoms with Gasteiger partial charge in [-0.25, -0.2) is 5.43 Å². The lowest BCUT2D eigenvalue weighted by atomic mass is 9.88. The summed E-state index contributed by atoms with van der Waals surface area (Å²) in [6.45, 7) is 9.57. The summed E-state index contributed by atoms with van der Waals surface area (Å²) in [5, 5.41) is 4.15. The highest BCUT2D eigenvalue weighted by molar-refractivity contribution is 5.96. The van der Waals surface area contributed by atoms with E-state index < -0.39 is 0 Å². The molecule has 0 aliphatic carbocycles. The lowest BCUT2D eigenvalue weighted by Crippen LogP contribution is -2.44. The van der Waals surface area contributed by atoms with Gasteiger partial charge in [0.1, 0.15) is 11.5 Å². The largest absolute Gasteiger partial charge is 0.497 e. The molecule has 1 aliphatic heterocycles. The number of likely N-dealkylation sites (N-methyl/N-ethyl adjacent to an activating group) is 1. The zero-order valence-corrected chi connectivity index (χ0v) is 18.4. The summed E-state index contributed by atoms with van der Waals surface area (Å²) in [7, 11) is 3.20. The standard InChI is InChI=1S/C24H29N3O3/c1-7-27-21-13-22(30-6)18(12-20(21)16(2)14-24(27,3)4)15-25-26-23(28)17-9-8-10-19(11-17)29-5/h8-15H,7H2,1-6H3,(H,26,28)/b25-15-. The van der Waals surface area contributed by atoms with Gasteiger partial charge < -0.3 is 14.4 Å².